The first-order valence-corrected chi connectivity index (χ1v) is 6.68. The zero-order valence-electron chi connectivity index (χ0n) is 11.8. The van der Waals surface area contributed by atoms with Crippen LogP contribution in [0.2, 0.25) is 0 Å². The van der Waals surface area contributed by atoms with Gasteiger partial charge in [-0.15, -0.1) is 0 Å². The van der Waals surface area contributed by atoms with Crippen molar-refractivity contribution < 1.29 is 0 Å². The van der Waals surface area contributed by atoms with Crippen molar-refractivity contribution in [2.24, 2.45) is 5.73 Å². The van der Waals surface area contributed by atoms with E-state index in [1.807, 2.05) is 25.3 Å². The van der Waals surface area contributed by atoms with Crippen LogP contribution in [0, 0.1) is 6.92 Å². The van der Waals surface area contributed by atoms with Gasteiger partial charge in [-0.1, -0.05) is 24.3 Å². The average Bonchev–Trinajstić information content (AvgIpc) is 2.42. The van der Waals surface area contributed by atoms with Gasteiger partial charge in [0.15, 0.2) is 0 Å². The van der Waals surface area contributed by atoms with Crippen LogP contribution in [-0.2, 0) is 0 Å². The summed E-state index contributed by atoms with van der Waals surface area (Å²) in [6.45, 7) is 7.10. The third kappa shape index (κ3) is 2.76. The van der Waals surface area contributed by atoms with Crippen molar-refractivity contribution in [1.29, 1.82) is 0 Å². The van der Waals surface area contributed by atoms with E-state index in [9.17, 15) is 0 Å². The van der Waals surface area contributed by atoms with Crippen molar-refractivity contribution in [3.8, 4) is 0 Å². The van der Waals surface area contributed by atoms with Crippen molar-refractivity contribution in [2.45, 2.75) is 26.8 Å². The fraction of sp³-hybridized carbons (Fsp3) is 0.312. The molecule has 0 saturated heterocycles. The van der Waals surface area contributed by atoms with Gasteiger partial charge >= 0.3 is 0 Å². The lowest BCUT2D eigenvalue weighted by Gasteiger charge is -2.27. The molecule has 1 heterocycles. The smallest absolute Gasteiger partial charge is 0.137 e. The normalized spacial score (nSPS) is 12.2. The van der Waals surface area contributed by atoms with E-state index in [2.05, 4.69) is 48.0 Å². The molecule has 0 aliphatic heterocycles. The minimum absolute atomic E-state index is 0.0261. The summed E-state index contributed by atoms with van der Waals surface area (Å²) in [6.07, 6.45) is 1.82. The maximum atomic E-state index is 6.06. The molecule has 0 unspecified atom stereocenters. The molecule has 0 fully saturated rings. The number of aryl methyl sites for hydroxylation is 1. The van der Waals surface area contributed by atoms with E-state index in [4.69, 9.17) is 5.73 Å². The van der Waals surface area contributed by atoms with Crippen LogP contribution < -0.4 is 10.6 Å². The Bertz CT molecular complexity index is 549. The van der Waals surface area contributed by atoms with Gasteiger partial charge in [0.1, 0.15) is 5.82 Å². The summed E-state index contributed by atoms with van der Waals surface area (Å²) in [4.78, 5) is 6.75. The number of anilines is 2. The van der Waals surface area contributed by atoms with Crippen molar-refractivity contribution in [3.63, 3.8) is 0 Å². The van der Waals surface area contributed by atoms with Gasteiger partial charge in [-0.2, -0.15) is 0 Å². The number of nitrogens with zero attached hydrogens (tertiary/aromatic N) is 2. The first kappa shape index (κ1) is 13.6. The van der Waals surface area contributed by atoms with Crippen LogP contribution in [0.5, 0.6) is 0 Å². The lowest BCUT2D eigenvalue weighted by Crippen LogP contribution is -2.22. The SMILES string of the molecule is CCN(c1ccccc1C)c1ncccc1[C@@H](C)N. The molecule has 0 aliphatic carbocycles. The lowest BCUT2D eigenvalue weighted by molar-refractivity contribution is 0.801. The molecule has 0 spiro atoms. The van der Waals surface area contributed by atoms with E-state index >= 15 is 0 Å². The fourth-order valence-corrected chi connectivity index (χ4v) is 2.29. The van der Waals surface area contributed by atoms with Gasteiger partial charge in [0.2, 0.25) is 0 Å². The molecule has 0 saturated carbocycles. The highest BCUT2D eigenvalue weighted by molar-refractivity contribution is 5.66. The van der Waals surface area contributed by atoms with Gasteiger partial charge in [-0.3, -0.25) is 0 Å². The summed E-state index contributed by atoms with van der Waals surface area (Å²) in [6, 6.07) is 12.3. The fourth-order valence-electron chi connectivity index (χ4n) is 2.29. The minimum atomic E-state index is -0.0261. The first-order valence-electron chi connectivity index (χ1n) is 6.68. The molecule has 2 rings (SSSR count). The van der Waals surface area contributed by atoms with Gasteiger partial charge < -0.3 is 10.6 Å². The monoisotopic (exact) mass is 255 g/mol. The minimum Gasteiger partial charge on any atom is -0.326 e. The molecule has 0 bridgehead atoms. The molecule has 1 atom stereocenters. The van der Waals surface area contributed by atoms with E-state index in [-0.39, 0.29) is 6.04 Å². The standard InChI is InChI=1S/C16H21N3/c1-4-19(15-10-6-5-8-12(15)2)16-14(13(3)17)9-7-11-18-16/h5-11,13H,4,17H2,1-3H3/t13-/m1/s1. The van der Waals surface area contributed by atoms with Crippen LogP contribution >= 0.6 is 0 Å². The van der Waals surface area contributed by atoms with Crippen LogP contribution in [0.15, 0.2) is 42.6 Å². The van der Waals surface area contributed by atoms with Crippen molar-refractivity contribution >= 4 is 11.5 Å². The second kappa shape index (κ2) is 5.85. The third-order valence-electron chi connectivity index (χ3n) is 3.29. The van der Waals surface area contributed by atoms with E-state index in [0.717, 1.165) is 17.9 Å². The summed E-state index contributed by atoms with van der Waals surface area (Å²) < 4.78 is 0. The molecule has 2 N–H and O–H groups in total. The van der Waals surface area contributed by atoms with Crippen molar-refractivity contribution in [2.75, 3.05) is 11.4 Å². The van der Waals surface area contributed by atoms with E-state index in [1.54, 1.807) is 0 Å². The average molecular weight is 255 g/mol. The Morgan fingerprint density at radius 1 is 1.21 bits per heavy atom. The largest absolute Gasteiger partial charge is 0.326 e. The summed E-state index contributed by atoms with van der Waals surface area (Å²) in [5, 5.41) is 0. The topological polar surface area (TPSA) is 42.2 Å². The zero-order chi connectivity index (χ0) is 13.8. The predicted octanol–water partition coefficient (Wildman–Crippen LogP) is 3.57. The van der Waals surface area contributed by atoms with Gasteiger partial charge in [0.05, 0.1) is 0 Å². The molecule has 0 aliphatic rings. The van der Waals surface area contributed by atoms with Gasteiger partial charge in [-0.05, 0) is 38.5 Å². The maximum Gasteiger partial charge on any atom is 0.137 e. The Morgan fingerprint density at radius 3 is 2.58 bits per heavy atom. The molecule has 1 aromatic carbocycles. The Kier molecular flexibility index (Phi) is 4.17. The highest BCUT2D eigenvalue weighted by atomic mass is 15.2. The molecule has 2 aromatic rings. The van der Waals surface area contributed by atoms with Gasteiger partial charge in [0.25, 0.3) is 0 Å². The van der Waals surface area contributed by atoms with E-state index in [0.29, 0.717) is 0 Å². The van der Waals surface area contributed by atoms with Crippen molar-refractivity contribution in [1.82, 2.24) is 4.98 Å². The Morgan fingerprint density at radius 2 is 1.95 bits per heavy atom. The molecule has 19 heavy (non-hydrogen) atoms. The highest BCUT2D eigenvalue weighted by Crippen LogP contribution is 2.30. The molecule has 0 amide bonds. The number of aromatic nitrogens is 1. The number of nitrogens with two attached hydrogens (primary N) is 1. The van der Waals surface area contributed by atoms with E-state index in [1.165, 1.54) is 11.3 Å². The van der Waals surface area contributed by atoms with E-state index < -0.39 is 0 Å². The van der Waals surface area contributed by atoms with Crippen LogP contribution in [0.4, 0.5) is 11.5 Å². The quantitative estimate of drug-likeness (QED) is 0.908. The number of hydrogen-bond donors (Lipinski definition) is 1. The summed E-state index contributed by atoms with van der Waals surface area (Å²) >= 11 is 0. The molecular formula is C16H21N3. The van der Waals surface area contributed by atoms with Crippen LogP contribution in [0.3, 0.4) is 0 Å². The van der Waals surface area contributed by atoms with Gasteiger partial charge in [0, 0.05) is 30.0 Å². The van der Waals surface area contributed by atoms with Crippen molar-refractivity contribution in [3.05, 3.63) is 53.7 Å². The van der Waals surface area contributed by atoms with Crippen LogP contribution in [-0.4, -0.2) is 11.5 Å². The van der Waals surface area contributed by atoms with Crippen LogP contribution in [0.1, 0.15) is 31.0 Å². The Balaban J connectivity index is 2.52. The number of rotatable bonds is 4. The van der Waals surface area contributed by atoms with Gasteiger partial charge in [-0.25, -0.2) is 4.98 Å². The lowest BCUT2D eigenvalue weighted by atomic mass is 10.1. The highest BCUT2D eigenvalue weighted by Gasteiger charge is 2.16. The maximum absolute atomic E-state index is 6.06. The second-order valence-corrected chi connectivity index (χ2v) is 4.74. The molecule has 1 aromatic heterocycles. The number of pyridine rings is 1. The first-order chi connectivity index (χ1) is 9.15. The number of hydrogen-bond acceptors (Lipinski definition) is 3. The molecule has 100 valence electrons. The molecule has 0 radical (unpaired) electrons. The summed E-state index contributed by atoms with van der Waals surface area (Å²) in [5.41, 5.74) is 9.56. The number of para-hydroxylation sites is 1. The summed E-state index contributed by atoms with van der Waals surface area (Å²) in [7, 11) is 0. The summed E-state index contributed by atoms with van der Waals surface area (Å²) in [5.74, 6) is 0.953. The molecular weight excluding hydrogens is 234 g/mol. The Labute approximate surface area is 115 Å². The number of benzene rings is 1. The second-order valence-electron chi connectivity index (χ2n) is 4.74. The van der Waals surface area contributed by atoms with Crippen LogP contribution in [0.25, 0.3) is 0 Å². The Hall–Kier alpha value is -1.87. The molecule has 3 heteroatoms. The third-order valence-corrected chi connectivity index (χ3v) is 3.29. The predicted molar refractivity (Wildman–Crippen MR) is 80.7 cm³/mol. The zero-order valence-corrected chi connectivity index (χ0v) is 11.8. The molecule has 3 nitrogen and oxygen atoms in total.